The maximum absolute atomic E-state index is 11.2. The average molecular weight is 473 g/mol. The van der Waals surface area contributed by atoms with Crippen LogP contribution in [0.3, 0.4) is 0 Å². The minimum Gasteiger partial charge on any atom is -0.469 e. The van der Waals surface area contributed by atoms with E-state index in [0.717, 1.165) is 38.5 Å². The third-order valence-corrected chi connectivity index (χ3v) is 7.05. The molecule has 0 heterocycles. The summed E-state index contributed by atoms with van der Waals surface area (Å²) in [5.41, 5.74) is 0. The van der Waals surface area contributed by atoms with Crippen LogP contribution in [0.4, 0.5) is 0 Å². The molecule has 0 fully saturated rings. The second-order valence-corrected chi connectivity index (χ2v) is 19.5. The third-order valence-electron chi connectivity index (χ3n) is 5.03. The zero-order chi connectivity index (χ0) is 23.8. The molecular weight excluding hydrogens is 420 g/mol. The molecule has 0 aliphatic carbocycles. The molecule has 0 aliphatic rings. The summed E-state index contributed by atoms with van der Waals surface area (Å²) < 4.78 is 18.0. The number of hydrogen-bond acceptors (Lipinski definition) is 4. The summed E-state index contributed by atoms with van der Waals surface area (Å²) in [6.45, 7) is 15.9. The maximum Gasteiger partial charge on any atom is 0.305 e. The van der Waals surface area contributed by atoms with Crippen LogP contribution in [0.1, 0.15) is 84.0 Å². The Morgan fingerprint density at radius 1 is 0.774 bits per heavy atom. The highest BCUT2D eigenvalue weighted by molar-refractivity contribution is 6.70. The molecule has 0 aliphatic heterocycles. The van der Waals surface area contributed by atoms with Crippen LogP contribution in [0.15, 0.2) is 12.2 Å². The lowest BCUT2D eigenvalue weighted by molar-refractivity contribution is -0.140. The summed E-state index contributed by atoms with van der Waals surface area (Å²) in [6.07, 6.45) is 18.0. The lowest BCUT2D eigenvalue weighted by atomic mass is 10.0. The highest BCUT2D eigenvalue weighted by atomic mass is 28.4. The molecule has 0 amide bonds. The van der Waals surface area contributed by atoms with Gasteiger partial charge in [-0.2, -0.15) is 0 Å². The van der Waals surface area contributed by atoms with Crippen LogP contribution in [-0.4, -0.2) is 41.9 Å². The van der Waals surface area contributed by atoms with E-state index in [1.807, 2.05) is 0 Å². The van der Waals surface area contributed by atoms with Crippen molar-refractivity contribution in [3.05, 3.63) is 12.2 Å². The number of allylic oxidation sites excluding steroid dienone is 1. The van der Waals surface area contributed by atoms with Gasteiger partial charge in [0.05, 0.1) is 19.3 Å². The van der Waals surface area contributed by atoms with Gasteiger partial charge in [0.25, 0.3) is 0 Å². The van der Waals surface area contributed by atoms with Gasteiger partial charge >= 0.3 is 5.97 Å². The first-order valence-electron chi connectivity index (χ1n) is 12.6. The zero-order valence-electron chi connectivity index (χ0n) is 21.9. The summed E-state index contributed by atoms with van der Waals surface area (Å²) in [6, 6.07) is 0. The summed E-state index contributed by atoms with van der Waals surface area (Å²) in [4.78, 5) is 11.2. The van der Waals surface area contributed by atoms with Gasteiger partial charge in [-0.3, -0.25) is 4.79 Å². The van der Waals surface area contributed by atoms with Crippen molar-refractivity contribution in [2.75, 3.05) is 7.11 Å². The molecule has 2 atom stereocenters. The molecule has 0 radical (unpaired) electrons. The van der Waals surface area contributed by atoms with Gasteiger partial charge in [0.2, 0.25) is 0 Å². The normalized spacial score (nSPS) is 14.7. The smallest absolute Gasteiger partial charge is 0.305 e. The minimum absolute atomic E-state index is 0.0994. The van der Waals surface area contributed by atoms with Crippen molar-refractivity contribution >= 4 is 22.6 Å². The molecule has 0 rings (SSSR count). The summed E-state index contributed by atoms with van der Waals surface area (Å²) >= 11 is 0. The third kappa shape index (κ3) is 19.9. The minimum atomic E-state index is -1.66. The molecule has 0 saturated carbocycles. The fourth-order valence-corrected chi connectivity index (χ4v) is 5.95. The standard InChI is InChI=1S/C25H52O4Si2/c1-9-10-11-12-14-17-20-23(28-30(3,4)5)24(29-31(6,7)8)21-18-15-13-16-19-22-25(26)27-2/h14,17,23-24H,9-13,15-16,18-22H2,1-8H3/b17-14-. The van der Waals surface area contributed by atoms with Crippen molar-refractivity contribution in [3.63, 3.8) is 0 Å². The Kier molecular flexibility index (Phi) is 16.9. The molecule has 0 spiro atoms. The van der Waals surface area contributed by atoms with Crippen molar-refractivity contribution < 1.29 is 18.4 Å². The largest absolute Gasteiger partial charge is 0.469 e. The van der Waals surface area contributed by atoms with E-state index in [1.54, 1.807) is 0 Å². The van der Waals surface area contributed by atoms with Crippen molar-refractivity contribution in [1.29, 1.82) is 0 Å². The zero-order valence-corrected chi connectivity index (χ0v) is 23.9. The van der Waals surface area contributed by atoms with Crippen molar-refractivity contribution in [2.24, 2.45) is 0 Å². The number of methoxy groups -OCH3 is 1. The Labute approximate surface area is 195 Å². The number of hydrogen-bond donors (Lipinski definition) is 0. The van der Waals surface area contributed by atoms with E-state index in [1.165, 1.54) is 39.2 Å². The van der Waals surface area contributed by atoms with Gasteiger partial charge in [-0.05, 0) is 71.4 Å². The Hall–Kier alpha value is -0.436. The van der Waals surface area contributed by atoms with E-state index in [4.69, 9.17) is 13.6 Å². The van der Waals surface area contributed by atoms with Crippen molar-refractivity contribution in [3.8, 4) is 0 Å². The Balaban J connectivity index is 4.78. The van der Waals surface area contributed by atoms with Gasteiger partial charge in [-0.1, -0.05) is 57.6 Å². The van der Waals surface area contributed by atoms with Gasteiger partial charge in [-0.15, -0.1) is 0 Å². The summed E-state index contributed by atoms with van der Waals surface area (Å²) in [5, 5.41) is 0. The lowest BCUT2D eigenvalue weighted by Gasteiger charge is -2.36. The van der Waals surface area contributed by atoms with Gasteiger partial charge in [0.1, 0.15) is 0 Å². The fourth-order valence-electron chi connectivity index (χ4n) is 3.61. The van der Waals surface area contributed by atoms with Gasteiger partial charge in [0.15, 0.2) is 16.6 Å². The molecule has 0 saturated heterocycles. The molecule has 0 aromatic heterocycles. The molecule has 184 valence electrons. The number of ether oxygens (including phenoxy) is 1. The van der Waals surface area contributed by atoms with Crippen LogP contribution in [0, 0.1) is 0 Å². The Morgan fingerprint density at radius 2 is 1.35 bits per heavy atom. The Bertz CT molecular complexity index is 481. The molecule has 0 aromatic carbocycles. The highest BCUT2D eigenvalue weighted by Gasteiger charge is 2.31. The SMILES string of the molecule is CCCCC/C=C\CC(O[Si](C)(C)C)C(CCCCCCCC(=O)OC)O[Si](C)(C)C. The van der Waals surface area contributed by atoms with E-state index >= 15 is 0 Å². The summed E-state index contributed by atoms with van der Waals surface area (Å²) in [7, 11) is -1.86. The van der Waals surface area contributed by atoms with Crippen molar-refractivity contribution in [2.45, 2.75) is 135 Å². The number of unbranched alkanes of at least 4 members (excludes halogenated alkanes) is 7. The second-order valence-electron chi connectivity index (χ2n) is 10.6. The number of carbonyl (C=O) groups is 1. The van der Waals surface area contributed by atoms with Crippen LogP contribution < -0.4 is 0 Å². The highest BCUT2D eigenvalue weighted by Crippen LogP contribution is 2.24. The summed E-state index contributed by atoms with van der Waals surface area (Å²) in [5.74, 6) is -0.0994. The van der Waals surface area contributed by atoms with Gasteiger partial charge in [-0.25, -0.2) is 0 Å². The van der Waals surface area contributed by atoms with Crippen LogP contribution >= 0.6 is 0 Å². The topological polar surface area (TPSA) is 44.8 Å². The Morgan fingerprint density at radius 3 is 1.94 bits per heavy atom. The van der Waals surface area contributed by atoms with Gasteiger partial charge in [0, 0.05) is 6.42 Å². The second kappa shape index (κ2) is 17.1. The molecule has 2 unspecified atom stereocenters. The molecule has 31 heavy (non-hydrogen) atoms. The first-order chi connectivity index (χ1) is 14.5. The number of rotatable bonds is 19. The molecule has 6 heteroatoms. The van der Waals surface area contributed by atoms with Crippen LogP contribution in [0.25, 0.3) is 0 Å². The first-order valence-corrected chi connectivity index (χ1v) is 19.4. The van der Waals surface area contributed by atoms with E-state index in [0.29, 0.717) is 6.42 Å². The molecule has 0 aromatic rings. The number of carbonyl (C=O) groups excluding carboxylic acids is 1. The molecular formula is C25H52O4Si2. The lowest BCUT2D eigenvalue weighted by Crippen LogP contribution is -2.44. The monoisotopic (exact) mass is 472 g/mol. The van der Waals surface area contributed by atoms with Crippen molar-refractivity contribution in [1.82, 2.24) is 0 Å². The first kappa shape index (κ1) is 30.6. The van der Waals surface area contributed by atoms with Crippen LogP contribution in [-0.2, 0) is 18.4 Å². The van der Waals surface area contributed by atoms with E-state index in [9.17, 15) is 4.79 Å². The van der Waals surface area contributed by atoms with E-state index < -0.39 is 16.6 Å². The number of esters is 1. The van der Waals surface area contributed by atoms with E-state index in [2.05, 4.69) is 58.4 Å². The predicted molar refractivity (Wildman–Crippen MR) is 139 cm³/mol. The molecule has 4 nitrogen and oxygen atoms in total. The average Bonchev–Trinajstić information content (AvgIpc) is 2.66. The van der Waals surface area contributed by atoms with E-state index in [-0.39, 0.29) is 18.2 Å². The van der Waals surface area contributed by atoms with Gasteiger partial charge < -0.3 is 13.6 Å². The van der Waals surface area contributed by atoms with Crippen LogP contribution in [0.5, 0.6) is 0 Å². The maximum atomic E-state index is 11.2. The van der Waals surface area contributed by atoms with Crippen LogP contribution in [0.2, 0.25) is 39.3 Å². The fraction of sp³-hybridized carbons (Fsp3) is 0.880. The predicted octanol–water partition coefficient (Wildman–Crippen LogP) is 7.86. The molecule has 0 N–H and O–H groups in total. The quantitative estimate of drug-likeness (QED) is 0.0830. The molecule has 0 bridgehead atoms.